The van der Waals surface area contributed by atoms with Crippen molar-refractivity contribution in [3.05, 3.63) is 83.9 Å². The summed E-state index contributed by atoms with van der Waals surface area (Å²) in [5.74, 6) is 0.643. The smallest absolute Gasteiger partial charge is 0.338 e. The van der Waals surface area contributed by atoms with E-state index < -0.39 is 0 Å². The zero-order valence-corrected chi connectivity index (χ0v) is 17.6. The van der Waals surface area contributed by atoms with Gasteiger partial charge in [0.2, 0.25) is 0 Å². The van der Waals surface area contributed by atoms with Gasteiger partial charge in [0.1, 0.15) is 18.8 Å². The minimum atomic E-state index is -0.203. The minimum absolute atomic E-state index is 0.0306. The van der Waals surface area contributed by atoms with Crippen molar-refractivity contribution in [3.63, 3.8) is 0 Å². The van der Waals surface area contributed by atoms with Gasteiger partial charge in [-0.25, -0.2) is 14.5 Å². The number of piperidine rings is 1. The highest BCUT2D eigenvalue weighted by molar-refractivity contribution is 5.89. The Kier molecular flexibility index (Phi) is 5.80. The molecule has 2 fully saturated rings. The first-order valence-electron chi connectivity index (χ1n) is 11.1. The van der Waals surface area contributed by atoms with Gasteiger partial charge in [-0.1, -0.05) is 48.9 Å². The largest absolute Gasteiger partial charge is 0.458 e. The number of hydrogen-bond acceptors (Lipinski definition) is 5. The van der Waals surface area contributed by atoms with Crippen molar-refractivity contribution in [3.8, 4) is 0 Å². The topological polar surface area (TPSA) is 60.2 Å². The van der Waals surface area contributed by atoms with Crippen LogP contribution in [0.1, 0.15) is 40.7 Å². The van der Waals surface area contributed by atoms with Gasteiger partial charge >= 0.3 is 5.97 Å². The number of hydrogen-bond donors (Lipinski definition) is 0. The lowest BCUT2D eigenvalue weighted by atomic mass is 9.75. The normalized spacial score (nSPS) is 23.4. The summed E-state index contributed by atoms with van der Waals surface area (Å²) in [6.07, 6.45) is 6.74. The zero-order chi connectivity index (χ0) is 21.0. The Morgan fingerprint density at radius 3 is 2.32 bits per heavy atom. The lowest BCUT2D eigenvalue weighted by Crippen LogP contribution is -2.52. The van der Waals surface area contributed by atoms with E-state index in [1.54, 1.807) is 11.0 Å². The molecule has 6 heteroatoms. The van der Waals surface area contributed by atoms with Crippen LogP contribution >= 0.6 is 0 Å². The number of benzene rings is 2. The van der Waals surface area contributed by atoms with E-state index in [0.29, 0.717) is 23.9 Å². The molecule has 160 valence electrons. The quantitative estimate of drug-likeness (QED) is 0.572. The van der Waals surface area contributed by atoms with Crippen LogP contribution in [0.25, 0.3) is 0 Å². The summed E-state index contributed by atoms with van der Waals surface area (Å²) < 4.78 is 7.86. The summed E-state index contributed by atoms with van der Waals surface area (Å²) >= 11 is 0. The number of ether oxygens (including phenoxy) is 1. The number of fused-ring (bicyclic) bond motifs is 2. The van der Waals surface area contributed by atoms with Crippen LogP contribution in [0, 0.1) is 11.8 Å². The molecule has 0 radical (unpaired) electrons. The fraction of sp³-hybridized carbons (Fsp3) is 0.400. The highest BCUT2D eigenvalue weighted by atomic mass is 16.5. The van der Waals surface area contributed by atoms with Crippen molar-refractivity contribution in [1.82, 2.24) is 19.7 Å². The van der Waals surface area contributed by atoms with Crippen LogP contribution in [-0.4, -0.2) is 44.8 Å². The second-order valence-electron chi connectivity index (χ2n) is 8.79. The summed E-state index contributed by atoms with van der Waals surface area (Å²) in [6.45, 7) is 3.61. The number of nitrogens with zero attached hydrogens (tertiary/aromatic N) is 4. The summed E-state index contributed by atoms with van der Waals surface area (Å²) in [6, 6.07) is 18.3. The fourth-order valence-corrected chi connectivity index (χ4v) is 5.09. The van der Waals surface area contributed by atoms with Crippen LogP contribution in [0.5, 0.6) is 0 Å². The summed E-state index contributed by atoms with van der Waals surface area (Å²) in [5.41, 5.74) is 3.04. The molecule has 0 N–H and O–H groups in total. The molecule has 1 saturated heterocycles. The lowest BCUT2D eigenvalue weighted by Gasteiger charge is -2.46. The van der Waals surface area contributed by atoms with Crippen molar-refractivity contribution in [2.45, 2.75) is 38.5 Å². The van der Waals surface area contributed by atoms with Crippen molar-refractivity contribution in [2.75, 3.05) is 13.1 Å². The number of carbonyl (C=O) groups excluding carboxylic acids is 1. The van der Waals surface area contributed by atoms with Crippen LogP contribution in [-0.2, 0) is 17.8 Å². The number of likely N-dealkylation sites (tertiary alicyclic amines) is 1. The molecule has 1 aliphatic carbocycles. The van der Waals surface area contributed by atoms with E-state index in [4.69, 9.17) is 4.74 Å². The highest BCUT2D eigenvalue weighted by Crippen LogP contribution is 2.37. The van der Waals surface area contributed by atoms with Crippen LogP contribution < -0.4 is 0 Å². The van der Waals surface area contributed by atoms with Gasteiger partial charge in [-0.05, 0) is 36.1 Å². The molecule has 0 spiro atoms. The van der Waals surface area contributed by atoms with Gasteiger partial charge in [-0.2, -0.15) is 5.10 Å². The monoisotopic (exact) mass is 416 g/mol. The van der Waals surface area contributed by atoms with E-state index >= 15 is 0 Å². The maximum Gasteiger partial charge on any atom is 0.338 e. The van der Waals surface area contributed by atoms with E-state index in [9.17, 15) is 4.79 Å². The average molecular weight is 417 g/mol. The van der Waals surface area contributed by atoms with Crippen LogP contribution in [0.4, 0.5) is 0 Å². The molecule has 2 aromatic carbocycles. The zero-order valence-electron chi connectivity index (χ0n) is 17.6. The Hall–Kier alpha value is -2.99. The first kappa shape index (κ1) is 19.9. The van der Waals surface area contributed by atoms with Gasteiger partial charge in [-0.15, -0.1) is 0 Å². The number of esters is 1. The highest BCUT2D eigenvalue weighted by Gasteiger charge is 2.41. The predicted molar refractivity (Wildman–Crippen MR) is 117 cm³/mol. The van der Waals surface area contributed by atoms with E-state index in [2.05, 4.69) is 45.3 Å². The van der Waals surface area contributed by atoms with Crippen molar-refractivity contribution in [2.24, 2.45) is 11.8 Å². The maximum atomic E-state index is 12.9. The molecule has 1 aliphatic heterocycles. The second-order valence-corrected chi connectivity index (χ2v) is 8.79. The van der Waals surface area contributed by atoms with Crippen molar-refractivity contribution < 1.29 is 9.53 Å². The Labute approximate surface area is 182 Å². The molecule has 2 aliphatic rings. The molecule has 2 unspecified atom stereocenters. The second kappa shape index (κ2) is 9.02. The maximum absolute atomic E-state index is 12.9. The van der Waals surface area contributed by atoms with Crippen LogP contribution in [0.2, 0.25) is 0 Å². The number of rotatable bonds is 6. The standard InChI is InChI=1S/C25H28N4O2/c30-25(21-11-9-20(10-12-21)14-29-18-26-17-27-29)31-24-22-7-4-8-23(24)16-28(15-22)13-19-5-2-1-3-6-19/h1-3,5-6,9-12,17-18,22-24H,4,7-8,13-16H2. The van der Waals surface area contributed by atoms with Gasteiger partial charge in [0.15, 0.2) is 0 Å². The lowest BCUT2D eigenvalue weighted by molar-refractivity contribution is -0.0683. The molecule has 2 bridgehead atoms. The molecule has 2 atom stereocenters. The summed E-state index contributed by atoms with van der Waals surface area (Å²) in [5, 5.41) is 4.12. The Balaban J connectivity index is 1.21. The first-order chi connectivity index (χ1) is 15.2. The van der Waals surface area contributed by atoms with E-state index in [1.807, 2.05) is 24.3 Å². The fourth-order valence-electron chi connectivity index (χ4n) is 5.09. The van der Waals surface area contributed by atoms with Crippen molar-refractivity contribution >= 4 is 5.97 Å². The summed E-state index contributed by atoms with van der Waals surface area (Å²) in [7, 11) is 0. The summed E-state index contributed by atoms with van der Waals surface area (Å²) in [4.78, 5) is 19.4. The minimum Gasteiger partial charge on any atom is -0.458 e. The number of carbonyl (C=O) groups is 1. The third-order valence-electron chi connectivity index (χ3n) is 6.56. The van der Waals surface area contributed by atoms with Gasteiger partial charge in [-0.3, -0.25) is 4.90 Å². The molecular formula is C25H28N4O2. The molecule has 2 heterocycles. The molecule has 3 aromatic rings. The predicted octanol–water partition coefficient (Wildman–Crippen LogP) is 3.78. The van der Waals surface area contributed by atoms with E-state index in [-0.39, 0.29) is 12.1 Å². The molecule has 1 saturated carbocycles. The van der Waals surface area contributed by atoms with Gasteiger partial charge < -0.3 is 4.74 Å². The molecule has 1 aromatic heterocycles. The van der Waals surface area contributed by atoms with Gasteiger partial charge in [0, 0.05) is 31.5 Å². The van der Waals surface area contributed by atoms with E-state index in [1.165, 1.54) is 18.3 Å². The van der Waals surface area contributed by atoms with Crippen LogP contribution in [0.15, 0.2) is 67.3 Å². The molecule has 6 nitrogen and oxygen atoms in total. The molecule has 0 amide bonds. The third-order valence-corrected chi connectivity index (χ3v) is 6.56. The SMILES string of the molecule is O=C(OC1C2CCCC1CN(Cc1ccccc1)C2)c1ccc(Cn2cncn2)cc1. The average Bonchev–Trinajstić information content (AvgIpc) is 3.28. The molecular weight excluding hydrogens is 388 g/mol. The molecule has 31 heavy (non-hydrogen) atoms. The Bertz CT molecular complexity index is 974. The van der Waals surface area contributed by atoms with E-state index in [0.717, 1.165) is 38.0 Å². The van der Waals surface area contributed by atoms with Crippen LogP contribution in [0.3, 0.4) is 0 Å². The number of aromatic nitrogens is 3. The molecule has 5 rings (SSSR count). The first-order valence-corrected chi connectivity index (χ1v) is 11.1. The Morgan fingerprint density at radius 1 is 0.935 bits per heavy atom. The van der Waals surface area contributed by atoms with Crippen molar-refractivity contribution in [1.29, 1.82) is 0 Å². The Morgan fingerprint density at radius 2 is 1.65 bits per heavy atom. The van der Waals surface area contributed by atoms with Gasteiger partial charge in [0.25, 0.3) is 0 Å². The van der Waals surface area contributed by atoms with Gasteiger partial charge in [0.05, 0.1) is 12.1 Å². The third kappa shape index (κ3) is 4.69.